The molecule has 10 heteroatoms. The number of carbonyl (C=O) groups excluding carboxylic acids is 3. The van der Waals surface area contributed by atoms with Crippen molar-refractivity contribution < 1.29 is 19.3 Å². The number of para-hydroxylation sites is 2. The Morgan fingerprint density at radius 1 is 0.905 bits per heavy atom. The van der Waals surface area contributed by atoms with E-state index < -0.39 is 16.7 Å². The van der Waals surface area contributed by atoms with Gasteiger partial charge in [0.15, 0.2) is 0 Å². The van der Waals surface area contributed by atoms with Gasteiger partial charge in [0.25, 0.3) is 17.5 Å². The third kappa shape index (κ3) is 6.73. The molecule has 0 saturated carbocycles. The van der Waals surface area contributed by atoms with Gasteiger partial charge >= 0.3 is 0 Å². The van der Waals surface area contributed by atoms with Crippen molar-refractivity contribution in [1.82, 2.24) is 5.32 Å². The Labute approximate surface area is 246 Å². The van der Waals surface area contributed by atoms with Crippen molar-refractivity contribution in [2.45, 2.75) is 11.3 Å². The monoisotopic (exact) mass is 578 g/mol. The molecule has 1 heterocycles. The molecule has 42 heavy (non-hydrogen) atoms. The van der Waals surface area contributed by atoms with Crippen LogP contribution in [0.3, 0.4) is 0 Å². The molecule has 1 aliphatic rings. The fourth-order valence-corrected chi connectivity index (χ4v) is 5.39. The van der Waals surface area contributed by atoms with E-state index in [1.165, 1.54) is 36.0 Å². The van der Waals surface area contributed by atoms with Crippen LogP contribution in [0.15, 0.2) is 114 Å². The number of nitro benzene ring substituents is 1. The summed E-state index contributed by atoms with van der Waals surface area (Å²) in [5.74, 6) is -0.981. The molecule has 1 aliphatic heterocycles. The normalized spacial score (nSPS) is 12.4. The fraction of sp³-hybridized carbons (Fsp3) is 0.0938. The van der Waals surface area contributed by atoms with Crippen LogP contribution < -0.4 is 15.5 Å². The predicted octanol–water partition coefficient (Wildman–Crippen LogP) is 5.69. The maximum Gasteiger partial charge on any atom is 0.276 e. The highest BCUT2D eigenvalue weighted by Gasteiger charge is 2.24. The maximum absolute atomic E-state index is 13.4. The molecule has 0 atom stereocenters. The molecule has 210 valence electrons. The van der Waals surface area contributed by atoms with Crippen molar-refractivity contribution in [1.29, 1.82) is 0 Å². The lowest BCUT2D eigenvalue weighted by molar-refractivity contribution is -0.385. The summed E-state index contributed by atoms with van der Waals surface area (Å²) in [6.45, 7) is 0.651. The van der Waals surface area contributed by atoms with Crippen molar-refractivity contribution >= 4 is 52.6 Å². The molecule has 0 bridgehead atoms. The highest BCUT2D eigenvalue weighted by molar-refractivity contribution is 8.00. The number of fused-ring (bicyclic) bond motifs is 1. The molecule has 0 spiro atoms. The first kappa shape index (κ1) is 28.3. The number of nitrogens with zero attached hydrogens (tertiary/aromatic N) is 2. The molecule has 0 saturated heterocycles. The van der Waals surface area contributed by atoms with Crippen LogP contribution in [0.2, 0.25) is 0 Å². The van der Waals surface area contributed by atoms with Gasteiger partial charge in [0.2, 0.25) is 5.91 Å². The quantitative estimate of drug-likeness (QED) is 0.114. The van der Waals surface area contributed by atoms with Crippen molar-refractivity contribution in [3.63, 3.8) is 0 Å². The number of rotatable bonds is 9. The summed E-state index contributed by atoms with van der Waals surface area (Å²) in [7, 11) is 0. The van der Waals surface area contributed by atoms with Gasteiger partial charge in [-0.3, -0.25) is 24.5 Å². The summed E-state index contributed by atoms with van der Waals surface area (Å²) < 4.78 is 0. The number of carbonyl (C=O) groups is 3. The first-order valence-corrected chi connectivity index (χ1v) is 14.1. The molecule has 0 fully saturated rings. The second-order valence-electron chi connectivity index (χ2n) is 9.39. The molecule has 3 amide bonds. The first-order chi connectivity index (χ1) is 20.4. The Kier molecular flexibility index (Phi) is 8.74. The zero-order valence-electron chi connectivity index (χ0n) is 22.4. The number of nitrogens with one attached hydrogen (secondary N) is 2. The first-order valence-electron chi connectivity index (χ1n) is 13.1. The highest BCUT2D eigenvalue weighted by Crippen LogP contribution is 2.29. The van der Waals surface area contributed by atoms with Crippen LogP contribution in [0.4, 0.5) is 17.1 Å². The van der Waals surface area contributed by atoms with Crippen molar-refractivity contribution in [2.75, 3.05) is 22.5 Å². The van der Waals surface area contributed by atoms with Gasteiger partial charge in [-0.15, -0.1) is 11.8 Å². The zero-order chi connectivity index (χ0) is 29.5. The van der Waals surface area contributed by atoms with E-state index in [2.05, 4.69) is 10.6 Å². The molecular weight excluding hydrogens is 552 g/mol. The maximum atomic E-state index is 13.4. The minimum atomic E-state index is -0.663. The minimum Gasteiger partial charge on any atom is -0.321 e. The Hall–Kier alpha value is -5.22. The molecule has 0 unspecified atom stereocenters. The third-order valence-electron chi connectivity index (χ3n) is 6.60. The number of thioether (sulfide) groups is 1. The molecule has 4 aromatic rings. The van der Waals surface area contributed by atoms with Crippen molar-refractivity contribution in [3.05, 3.63) is 136 Å². The average Bonchev–Trinajstić information content (AvgIpc) is 3.45. The van der Waals surface area contributed by atoms with Gasteiger partial charge in [-0.05, 0) is 60.5 Å². The Morgan fingerprint density at radius 3 is 2.45 bits per heavy atom. The lowest BCUT2D eigenvalue weighted by Gasteiger charge is -2.17. The van der Waals surface area contributed by atoms with Crippen molar-refractivity contribution in [2.24, 2.45) is 0 Å². The fourth-order valence-electron chi connectivity index (χ4n) is 4.56. The Bertz CT molecular complexity index is 1690. The molecule has 4 aromatic carbocycles. The Morgan fingerprint density at radius 2 is 1.64 bits per heavy atom. The number of hydrogen-bond donors (Lipinski definition) is 2. The number of benzene rings is 4. The van der Waals surface area contributed by atoms with Gasteiger partial charge < -0.3 is 15.5 Å². The summed E-state index contributed by atoms with van der Waals surface area (Å²) in [6.07, 6.45) is 2.11. The molecule has 2 N–H and O–H groups in total. The van der Waals surface area contributed by atoms with Gasteiger partial charge in [0.05, 0.1) is 16.2 Å². The van der Waals surface area contributed by atoms with Gasteiger partial charge in [-0.1, -0.05) is 54.6 Å². The van der Waals surface area contributed by atoms with Crippen LogP contribution in [0.25, 0.3) is 6.08 Å². The van der Waals surface area contributed by atoms with Gasteiger partial charge in [0.1, 0.15) is 5.70 Å². The van der Waals surface area contributed by atoms with E-state index in [0.717, 1.165) is 22.6 Å². The SMILES string of the molecule is O=C(Nc1cccc(SCC(=O)N2CCc3ccccc32)c1)/C(=C/c1ccccc1[N+](=O)[O-])NC(=O)c1ccccc1. The lowest BCUT2D eigenvalue weighted by Crippen LogP contribution is -2.30. The van der Waals surface area contributed by atoms with Crippen LogP contribution in [0.1, 0.15) is 21.5 Å². The van der Waals surface area contributed by atoms with Gasteiger partial charge in [0, 0.05) is 34.4 Å². The largest absolute Gasteiger partial charge is 0.321 e. The third-order valence-corrected chi connectivity index (χ3v) is 7.58. The molecule has 5 rings (SSSR count). The molecule has 0 aliphatic carbocycles. The second-order valence-corrected chi connectivity index (χ2v) is 10.4. The Balaban J connectivity index is 1.32. The number of anilines is 2. The van der Waals surface area contributed by atoms with Crippen LogP contribution in [0, 0.1) is 10.1 Å². The molecule has 9 nitrogen and oxygen atoms in total. The van der Waals surface area contributed by atoms with E-state index in [-0.39, 0.29) is 28.6 Å². The predicted molar refractivity (Wildman–Crippen MR) is 163 cm³/mol. The standard InChI is InChI=1S/C32H26N4O5S/c37-30(35-18-17-22-9-4-6-15-28(22)35)21-42-26-14-8-13-25(20-26)33-32(39)27(34-31(38)23-10-2-1-3-11-23)19-24-12-5-7-16-29(24)36(40)41/h1-16,19-20H,17-18,21H2,(H,33,39)(H,34,38)/b27-19-. The van der Waals surface area contributed by atoms with Crippen LogP contribution >= 0.6 is 11.8 Å². The molecule has 0 aromatic heterocycles. The lowest BCUT2D eigenvalue weighted by atomic mass is 10.1. The van der Waals surface area contributed by atoms with E-state index in [0.29, 0.717) is 17.8 Å². The van der Waals surface area contributed by atoms with Crippen LogP contribution in [-0.2, 0) is 16.0 Å². The molecular formula is C32H26N4O5S. The summed E-state index contributed by atoms with van der Waals surface area (Å²) in [5, 5.41) is 16.9. The van der Waals surface area contributed by atoms with E-state index >= 15 is 0 Å². The van der Waals surface area contributed by atoms with Crippen LogP contribution in [0.5, 0.6) is 0 Å². The van der Waals surface area contributed by atoms with Gasteiger partial charge in [-0.25, -0.2) is 0 Å². The summed E-state index contributed by atoms with van der Waals surface area (Å²) >= 11 is 1.35. The van der Waals surface area contributed by atoms with E-state index in [9.17, 15) is 24.5 Å². The second kappa shape index (κ2) is 13.0. The minimum absolute atomic E-state index is 0.00214. The highest BCUT2D eigenvalue weighted by atomic mass is 32.2. The average molecular weight is 579 g/mol. The van der Waals surface area contributed by atoms with Gasteiger partial charge in [-0.2, -0.15) is 0 Å². The van der Waals surface area contributed by atoms with Crippen LogP contribution in [-0.4, -0.2) is 34.9 Å². The topological polar surface area (TPSA) is 122 Å². The number of nitro groups is 1. The smallest absolute Gasteiger partial charge is 0.276 e. The van der Waals surface area contributed by atoms with Crippen molar-refractivity contribution in [3.8, 4) is 0 Å². The zero-order valence-corrected chi connectivity index (χ0v) is 23.2. The van der Waals surface area contributed by atoms with E-state index in [4.69, 9.17) is 0 Å². The summed E-state index contributed by atoms with van der Waals surface area (Å²) in [5.41, 5.74) is 2.64. The number of amides is 3. The summed E-state index contributed by atoms with van der Waals surface area (Å²) in [6, 6.07) is 29.2. The van der Waals surface area contributed by atoms with E-state index in [1.54, 1.807) is 59.5 Å². The summed E-state index contributed by atoms with van der Waals surface area (Å²) in [4.78, 5) is 52.8. The molecule has 0 radical (unpaired) electrons. The van der Waals surface area contributed by atoms with E-state index in [1.807, 2.05) is 30.3 Å². The number of hydrogen-bond acceptors (Lipinski definition) is 6.